The Hall–Kier alpha value is -4.58. The zero-order valence-corrected chi connectivity index (χ0v) is 25.9. The minimum Gasteiger partial charge on any atom is -0.406 e. The summed E-state index contributed by atoms with van der Waals surface area (Å²) < 4.78 is 42.6. The molecule has 2 heterocycles. The van der Waals surface area contributed by atoms with Crippen LogP contribution in [-0.2, 0) is 6.42 Å². The molecule has 12 heteroatoms. The highest BCUT2D eigenvalue weighted by Gasteiger charge is 2.31. The smallest absolute Gasteiger partial charge is 0.406 e. The first-order chi connectivity index (χ1) is 21.6. The fourth-order valence-corrected chi connectivity index (χ4v) is 6.11. The number of nitrogens with one attached hydrogen (secondary N) is 1. The van der Waals surface area contributed by atoms with Gasteiger partial charge in [0.2, 0.25) is 0 Å². The van der Waals surface area contributed by atoms with Gasteiger partial charge in [-0.3, -0.25) is 0 Å². The van der Waals surface area contributed by atoms with Gasteiger partial charge in [-0.05, 0) is 79.8 Å². The molecule has 45 heavy (non-hydrogen) atoms. The number of aryl methyl sites for hydroxylation is 2. The van der Waals surface area contributed by atoms with Crippen molar-refractivity contribution in [1.29, 1.82) is 0 Å². The Morgan fingerprint density at radius 2 is 1.89 bits per heavy atom. The van der Waals surface area contributed by atoms with E-state index in [9.17, 15) is 18.0 Å². The molecule has 1 unspecified atom stereocenters. The van der Waals surface area contributed by atoms with E-state index in [4.69, 9.17) is 0 Å². The Labute approximate surface area is 264 Å². The maximum atomic E-state index is 12.8. The maximum Gasteiger partial charge on any atom is 0.573 e. The minimum atomic E-state index is -4.75. The average Bonchev–Trinajstić information content (AvgIpc) is 3.49. The summed E-state index contributed by atoms with van der Waals surface area (Å²) in [5, 5.41) is 7.88. The van der Waals surface area contributed by atoms with Gasteiger partial charge in [-0.1, -0.05) is 61.5 Å². The normalized spacial score (nSPS) is 16.4. The Morgan fingerprint density at radius 1 is 1.13 bits per heavy atom. The number of rotatable bonds is 8. The third-order valence-electron chi connectivity index (χ3n) is 7.11. The zero-order chi connectivity index (χ0) is 32.0. The molecule has 0 bridgehead atoms. The summed E-state index contributed by atoms with van der Waals surface area (Å²) in [5.74, 6) is 1.04. The second-order valence-corrected chi connectivity index (χ2v) is 11.7. The summed E-state index contributed by atoms with van der Waals surface area (Å²) in [6.45, 7) is 6.41. The summed E-state index contributed by atoms with van der Waals surface area (Å²) in [4.78, 5) is 23.8. The standard InChI is InChI=1S/C33H33F3N6O2S/c1-4-5-25-9-6-22(2)20-29(25)42-23(3)17-19-45-32(42)39-31(43)37-18-16-24-7-10-26(11-8-24)30-38-21-41(40-30)27-12-14-28(15-13-27)44-33(34,35)36/h6-16,18,20-21,23H,4-5,17,19H2,1-3H3,(H,37,43)/b18-16+,39-32?. The molecular weight excluding hydrogens is 601 g/mol. The number of nitrogens with zero attached hydrogens (tertiary/aromatic N) is 5. The highest BCUT2D eigenvalue weighted by atomic mass is 32.2. The van der Waals surface area contributed by atoms with Crippen LogP contribution in [0.15, 0.2) is 84.2 Å². The van der Waals surface area contributed by atoms with Crippen LogP contribution < -0.4 is 15.0 Å². The molecule has 0 spiro atoms. The lowest BCUT2D eigenvalue weighted by molar-refractivity contribution is -0.274. The molecule has 1 saturated heterocycles. The maximum absolute atomic E-state index is 12.8. The second kappa shape index (κ2) is 14.0. The van der Waals surface area contributed by atoms with E-state index < -0.39 is 12.4 Å². The van der Waals surface area contributed by atoms with E-state index >= 15 is 0 Å². The van der Waals surface area contributed by atoms with Crippen molar-refractivity contribution in [3.8, 4) is 22.8 Å². The zero-order valence-electron chi connectivity index (χ0n) is 25.1. The molecule has 1 fully saturated rings. The van der Waals surface area contributed by atoms with E-state index in [1.807, 2.05) is 24.3 Å². The van der Waals surface area contributed by atoms with Crippen molar-refractivity contribution in [2.24, 2.45) is 4.99 Å². The van der Waals surface area contributed by atoms with Crippen molar-refractivity contribution in [2.45, 2.75) is 52.4 Å². The van der Waals surface area contributed by atoms with Gasteiger partial charge in [-0.25, -0.2) is 14.5 Å². The SMILES string of the molecule is CCCc1ccc(C)cc1N1C(=NC(=O)N/C=C/c2ccc(-c3ncn(-c4ccc(OC(F)(F)F)cc4)n3)cc2)SCCC1C. The first-order valence-corrected chi connectivity index (χ1v) is 15.5. The van der Waals surface area contributed by atoms with Crippen LogP contribution in [0.1, 0.15) is 43.4 Å². The Morgan fingerprint density at radius 3 is 2.60 bits per heavy atom. The van der Waals surface area contributed by atoms with E-state index in [1.165, 1.54) is 46.4 Å². The van der Waals surface area contributed by atoms with E-state index in [1.54, 1.807) is 24.0 Å². The van der Waals surface area contributed by atoms with Crippen LogP contribution in [0.3, 0.4) is 0 Å². The van der Waals surface area contributed by atoms with Crippen LogP contribution in [0, 0.1) is 6.92 Å². The van der Waals surface area contributed by atoms with E-state index in [0.717, 1.165) is 41.8 Å². The third kappa shape index (κ3) is 8.33. The number of amidine groups is 1. The number of aromatic nitrogens is 3. The number of carbonyl (C=O) groups excluding carboxylic acids is 1. The highest BCUT2D eigenvalue weighted by molar-refractivity contribution is 8.14. The second-order valence-electron chi connectivity index (χ2n) is 10.6. The average molecular weight is 635 g/mol. The number of anilines is 1. The van der Waals surface area contributed by atoms with Gasteiger partial charge in [-0.2, -0.15) is 4.99 Å². The number of hydrogen-bond donors (Lipinski definition) is 1. The lowest BCUT2D eigenvalue weighted by atomic mass is 10.0. The molecule has 234 valence electrons. The number of ether oxygens (including phenoxy) is 1. The quantitative estimate of drug-likeness (QED) is 0.211. The van der Waals surface area contributed by atoms with Gasteiger partial charge in [-0.15, -0.1) is 18.3 Å². The monoisotopic (exact) mass is 634 g/mol. The van der Waals surface area contributed by atoms with Gasteiger partial charge in [0.15, 0.2) is 11.0 Å². The first-order valence-electron chi connectivity index (χ1n) is 14.5. The lowest BCUT2D eigenvalue weighted by Crippen LogP contribution is -2.42. The Bertz CT molecular complexity index is 1680. The minimum absolute atomic E-state index is 0.226. The van der Waals surface area contributed by atoms with Gasteiger partial charge in [0.25, 0.3) is 0 Å². The fraction of sp³-hybridized carbons (Fsp3) is 0.273. The molecule has 0 aliphatic carbocycles. The Balaban J connectivity index is 1.22. The van der Waals surface area contributed by atoms with Crippen LogP contribution in [0.4, 0.5) is 23.7 Å². The molecule has 2 amide bonds. The predicted molar refractivity (Wildman–Crippen MR) is 173 cm³/mol. The Kier molecular flexibility index (Phi) is 9.92. The summed E-state index contributed by atoms with van der Waals surface area (Å²) in [6, 6.07) is 19.0. The molecule has 1 atom stereocenters. The van der Waals surface area contributed by atoms with Crippen LogP contribution in [0.5, 0.6) is 5.75 Å². The first kappa shape index (κ1) is 31.8. The lowest BCUT2D eigenvalue weighted by Gasteiger charge is -2.37. The highest BCUT2D eigenvalue weighted by Crippen LogP contribution is 2.33. The summed E-state index contributed by atoms with van der Waals surface area (Å²) in [7, 11) is 0. The molecule has 0 saturated carbocycles. The summed E-state index contributed by atoms with van der Waals surface area (Å²) in [6.07, 6.45) is 3.06. The number of amides is 2. The molecule has 1 aromatic heterocycles. The number of benzene rings is 3. The number of urea groups is 1. The number of thioether (sulfide) groups is 1. The van der Waals surface area contributed by atoms with Gasteiger partial charge < -0.3 is 15.0 Å². The molecule has 1 N–H and O–H groups in total. The van der Waals surface area contributed by atoms with Crippen molar-refractivity contribution < 1.29 is 22.7 Å². The number of hydrogen-bond acceptors (Lipinski definition) is 5. The third-order valence-corrected chi connectivity index (χ3v) is 8.09. The number of aliphatic imine (C=N–C) groups is 1. The van der Waals surface area contributed by atoms with Crippen LogP contribution in [-0.4, -0.2) is 44.1 Å². The molecule has 5 rings (SSSR count). The van der Waals surface area contributed by atoms with Crippen LogP contribution >= 0.6 is 11.8 Å². The van der Waals surface area contributed by atoms with E-state index in [2.05, 4.69) is 69.0 Å². The summed E-state index contributed by atoms with van der Waals surface area (Å²) in [5.41, 5.74) is 5.67. The number of carbonyl (C=O) groups is 1. The largest absolute Gasteiger partial charge is 0.573 e. The molecule has 0 radical (unpaired) electrons. The predicted octanol–water partition coefficient (Wildman–Crippen LogP) is 8.16. The topological polar surface area (TPSA) is 84.6 Å². The molecule has 8 nitrogen and oxygen atoms in total. The van der Waals surface area contributed by atoms with Gasteiger partial charge in [0, 0.05) is 29.2 Å². The van der Waals surface area contributed by atoms with Gasteiger partial charge in [0.05, 0.1) is 5.69 Å². The molecule has 3 aromatic carbocycles. The van der Waals surface area contributed by atoms with Crippen LogP contribution in [0.25, 0.3) is 23.2 Å². The number of halogens is 3. The van der Waals surface area contributed by atoms with Crippen molar-refractivity contribution >= 4 is 34.7 Å². The van der Waals surface area contributed by atoms with Gasteiger partial charge in [0.1, 0.15) is 12.1 Å². The van der Waals surface area contributed by atoms with E-state index in [-0.39, 0.29) is 11.8 Å². The molecule has 1 aliphatic rings. The van der Waals surface area contributed by atoms with E-state index in [0.29, 0.717) is 16.7 Å². The molecule has 4 aromatic rings. The van der Waals surface area contributed by atoms with Crippen LogP contribution in [0.2, 0.25) is 0 Å². The molecule has 1 aliphatic heterocycles. The van der Waals surface area contributed by atoms with Crippen molar-refractivity contribution in [3.63, 3.8) is 0 Å². The van der Waals surface area contributed by atoms with Crippen molar-refractivity contribution in [1.82, 2.24) is 20.1 Å². The van der Waals surface area contributed by atoms with Crippen molar-refractivity contribution in [3.05, 3.63) is 95.9 Å². The van der Waals surface area contributed by atoms with Crippen molar-refractivity contribution in [2.75, 3.05) is 10.7 Å². The molecular formula is C33H33F3N6O2S. The van der Waals surface area contributed by atoms with Gasteiger partial charge >= 0.3 is 12.4 Å². The number of alkyl halides is 3. The summed E-state index contributed by atoms with van der Waals surface area (Å²) >= 11 is 1.59. The fourth-order valence-electron chi connectivity index (χ4n) is 4.91.